The molecule has 0 aliphatic carbocycles. The summed E-state index contributed by atoms with van der Waals surface area (Å²) in [5, 5.41) is 4.40. The molecule has 0 spiro atoms. The Morgan fingerprint density at radius 1 is 1.16 bits per heavy atom. The molecule has 2 aromatic rings. The van der Waals surface area contributed by atoms with Crippen LogP contribution >= 0.6 is 0 Å². The summed E-state index contributed by atoms with van der Waals surface area (Å²) in [5.74, 6) is 0.907. The van der Waals surface area contributed by atoms with Gasteiger partial charge in [-0.25, -0.2) is 8.42 Å². The lowest BCUT2D eigenvalue weighted by Gasteiger charge is -2.19. The summed E-state index contributed by atoms with van der Waals surface area (Å²) in [5.41, 5.74) is 1.25. The Morgan fingerprint density at radius 2 is 1.91 bits per heavy atom. The number of rotatable bonds is 9. The average molecular weight is 463 g/mol. The van der Waals surface area contributed by atoms with Crippen LogP contribution in [0.25, 0.3) is 0 Å². The maximum Gasteiger partial charge on any atom is 0.262 e. The first-order valence-electron chi connectivity index (χ1n) is 10.0. The van der Waals surface area contributed by atoms with Gasteiger partial charge >= 0.3 is 0 Å². The molecule has 10 heteroatoms. The molecule has 0 radical (unpaired) electrons. The second kappa shape index (κ2) is 9.90. The summed E-state index contributed by atoms with van der Waals surface area (Å²) < 4.78 is 41.5. The van der Waals surface area contributed by atoms with Crippen LogP contribution in [0.15, 0.2) is 41.3 Å². The Labute approximate surface area is 187 Å². The van der Waals surface area contributed by atoms with Crippen LogP contribution in [0.2, 0.25) is 0 Å². The largest absolute Gasteiger partial charge is 0.493 e. The minimum Gasteiger partial charge on any atom is -0.493 e. The Kier molecular flexibility index (Phi) is 7.24. The molecular weight excluding hydrogens is 436 g/mol. The van der Waals surface area contributed by atoms with E-state index in [4.69, 9.17) is 14.2 Å². The van der Waals surface area contributed by atoms with Gasteiger partial charge in [0.1, 0.15) is 5.75 Å². The van der Waals surface area contributed by atoms with E-state index in [-0.39, 0.29) is 29.7 Å². The highest BCUT2D eigenvalue weighted by atomic mass is 32.2. The second-order valence-electron chi connectivity index (χ2n) is 7.34. The van der Waals surface area contributed by atoms with Gasteiger partial charge < -0.3 is 24.8 Å². The Bertz CT molecular complexity index is 1120. The minimum atomic E-state index is -3.78. The first kappa shape index (κ1) is 23.4. The van der Waals surface area contributed by atoms with Crippen molar-refractivity contribution in [2.75, 3.05) is 32.7 Å². The fraction of sp³-hybridized carbons (Fsp3) is 0.364. The summed E-state index contributed by atoms with van der Waals surface area (Å²) in [6.07, 6.45) is 0.367. The van der Waals surface area contributed by atoms with Gasteiger partial charge in [0.25, 0.3) is 5.91 Å². The van der Waals surface area contributed by atoms with Gasteiger partial charge in [0.05, 0.1) is 30.1 Å². The van der Waals surface area contributed by atoms with Crippen molar-refractivity contribution < 1.29 is 32.2 Å². The molecule has 0 saturated carbocycles. The summed E-state index contributed by atoms with van der Waals surface area (Å²) in [7, 11) is -0.670. The molecule has 3 rings (SSSR count). The molecule has 1 heterocycles. The van der Waals surface area contributed by atoms with Gasteiger partial charge in [-0.3, -0.25) is 9.59 Å². The van der Waals surface area contributed by atoms with Crippen molar-refractivity contribution >= 4 is 27.3 Å². The third-order valence-corrected chi connectivity index (χ3v) is 7.24. The maximum absolute atomic E-state index is 12.9. The number of carbonyl (C=O) groups is 2. The maximum atomic E-state index is 12.9. The minimum absolute atomic E-state index is 0.0210. The lowest BCUT2D eigenvalue weighted by atomic mass is 10.1. The molecule has 0 bridgehead atoms. The second-order valence-corrected chi connectivity index (χ2v) is 9.71. The molecule has 172 valence electrons. The van der Waals surface area contributed by atoms with E-state index in [1.807, 2.05) is 12.1 Å². The molecule has 1 atom stereocenters. The number of carbonyl (C=O) groups excluding carboxylic acids is 2. The Balaban J connectivity index is 1.57. The molecule has 0 fully saturated rings. The fourth-order valence-electron chi connectivity index (χ4n) is 3.30. The highest BCUT2D eigenvalue weighted by molar-refractivity contribution is 7.92. The van der Waals surface area contributed by atoms with E-state index in [1.54, 1.807) is 20.3 Å². The molecule has 0 saturated heterocycles. The van der Waals surface area contributed by atoms with Crippen LogP contribution < -0.4 is 24.8 Å². The molecule has 2 N–H and O–H groups in total. The highest BCUT2D eigenvalue weighted by Gasteiger charge is 2.27. The van der Waals surface area contributed by atoms with Crippen LogP contribution in [0, 0.1) is 0 Å². The third-order valence-electron chi connectivity index (χ3n) is 5.10. The fourth-order valence-corrected chi connectivity index (χ4v) is 4.67. The first-order valence-corrected chi connectivity index (χ1v) is 11.6. The van der Waals surface area contributed by atoms with E-state index < -0.39 is 15.1 Å². The number of ether oxygens (including phenoxy) is 3. The molecule has 0 aromatic heterocycles. The number of sulfone groups is 1. The van der Waals surface area contributed by atoms with Crippen LogP contribution in [0.1, 0.15) is 18.9 Å². The Morgan fingerprint density at radius 3 is 2.62 bits per heavy atom. The SMILES string of the molecule is COc1ccc(CCNC(=O)C[C@@H](C)S(=O)(=O)c2ccc3c(c2)NC(=O)CO3)cc1OC. The summed E-state index contributed by atoms with van der Waals surface area (Å²) in [4.78, 5) is 23.8. The zero-order valence-electron chi connectivity index (χ0n) is 18.1. The number of amides is 2. The average Bonchev–Trinajstić information content (AvgIpc) is 2.78. The monoisotopic (exact) mass is 462 g/mol. The van der Waals surface area contributed by atoms with Crippen molar-refractivity contribution in [2.24, 2.45) is 0 Å². The van der Waals surface area contributed by atoms with E-state index >= 15 is 0 Å². The van der Waals surface area contributed by atoms with Gasteiger partial charge in [0.15, 0.2) is 27.9 Å². The van der Waals surface area contributed by atoms with Gasteiger partial charge in [-0.2, -0.15) is 0 Å². The lowest BCUT2D eigenvalue weighted by molar-refractivity contribution is -0.121. The molecule has 2 amide bonds. The molecule has 1 aliphatic heterocycles. The number of fused-ring (bicyclic) bond motifs is 1. The number of benzene rings is 2. The smallest absolute Gasteiger partial charge is 0.262 e. The molecule has 32 heavy (non-hydrogen) atoms. The zero-order valence-corrected chi connectivity index (χ0v) is 19.0. The van der Waals surface area contributed by atoms with Crippen LogP contribution in [0.5, 0.6) is 17.2 Å². The van der Waals surface area contributed by atoms with Crippen LogP contribution in [-0.2, 0) is 25.8 Å². The van der Waals surface area contributed by atoms with E-state index in [0.717, 1.165) is 5.56 Å². The standard InChI is InChI=1S/C22H26N2O7S/c1-14(32(27,28)16-5-7-18-17(12-16)24-22(26)13-31-18)10-21(25)23-9-8-15-4-6-19(29-2)20(11-15)30-3/h4-7,11-12,14H,8-10,13H2,1-3H3,(H,23,25)(H,24,26)/t14-/m1/s1. The molecule has 1 aliphatic rings. The van der Waals surface area contributed by atoms with Gasteiger partial charge in [0.2, 0.25) is 5.91 Å². The summed E-state index contributed by atoms with van der Waals surface area (Å²) in [6.45, 7) is 1.72. The van der Waals surface area contributed by atoms with Gasteiger partial charge in [-0.15, -0.1) is 0 Å². The van der Waals surface area contributed by atoms with E-state index in [2.05, 4.69) is 10.6 Å². The van der Waals surface area contributed by atoms with Crippen molar-refractivity contribution in [3.05, 3.63) is 42.0 Å². The number of hydrogen-bond acceptors (Lipinski definition) is 7. The van der Waals surface area contributed by atoms with E-state index in [0.29, 0.717) is 35.9 Å². The quantitative estimate of drug-likeness (QED) is 0.584. The highest BCUT2D eigenvalue weighted by Crippen LogP contribution is 2.32. The van der Waals surface area contributed by atoms with E-state index in [1.165, 1.54) is 25.1 Å². The van der Waals surface area contributed by atoms with Gasteiger partial charge in [-0.05, 0) is 49.2 Å². The van der Waals surface area contributed by atoms with Crippen molar-refractivity contribution in [3.8, 4) is 17.2 Å². The molecular formula is C22H26N2O7S. The van der Waals surface area contributed by atoms with Gasteiger partial charge in [0, 0.05) is 13.0 Å². The van der Waals surface area contributed by atoms with Crippen LogP contribution in [0.3, 0.4) is 0 Å². The topological polar surface area (TPSA) is 120 Å². The predicted octanol–water partition coefficient (Wildman–Crippen LogP) is 1.95. The van der Waals surface area contributed by atoms with Gasteiger partial charge in [-0.1, -0.05) is 6.07 Å². The van der Waals surface area contributed by atoms with Crippen LogP contribution in [-0.4, -0.2) is 52.9 Å². The number of nitrogens with one attached hydrogen (secondary N) is 2. The summed E-state index contributed by atoms with van der Waals surface area (Å²) >= 11 is 0. The normalized spacial score (nSPS) is 13.9. The van der Waals surface area contributed by atoms with Crippen LogP contribution in [0.4, 0.5) is 5.69 Å². The molecule has 9 nitrogen and oxygen atoms in total. The zero-order chi connectivity index (χ0) is 23.3. The van der Waals surface area contributed by atoms with Crippen molar-refractivity contribution in [1.29, 1.82) is 0 Å². The number of methoxy groups -OCH3 is 2. The van der Waals surface area contributed by atoms with E-state index in [9.17, 15) is 18.0 Å². The molecule has 2 aromatic carbocycles. The Hall–Kier alpha value is -3.27. The van der Waals surface area contributed by atoms with Crippen molar-refractivity contribution in [2.45, 2.75) is 29.9 Å². The van der Waals surface area contributed by atoms with Crippen molar-refractivity contribution in [1.82, 2.24) is 5.32 Å². The molecule has 0 unspecified atom stereocenters. The summed E-state index contributed by atoms with van der Waals surface area (Å²) in [6, 6.07) is 9.76. The van der Waals surface area contributed by atoms with Crippen molar-refractivity contribution in [3.63, 3.8) is 0 Å². The number of anilines is 1. The first-order chi connectivity index (χ1) is 15.2. The number of hydrogen-bond donors (Lipinski definition) is 2. The third kappa shape index (κ3) is 5.31. The lowest BCUT2D eigenvalue weighted by Crippen LogP contribution is -2.31. The predicted molar refractivity (Wildman–Crippen MR) is 118 cm³/mol.